The van der Waals surface area contributed by atoms with Crippen LogP contribution in [-0.4, -0.2) is 25.0 Å². The predicted molar refractivity (Wildman–Crippen MR) is 60.1 cm³/mol. The molecule has 16 heavy (non-hydrogen) atoms. The number of amides is 1. The molecule has 0 fully saturated rings. The molecule has 5 heteroatoms. The van der Waals surface area contributed by atoms with Crippen LogP contribution in [0.2, 0.25) is 0 Å². The van der Waals surface area contributed by atoms with Crippen molar-refractivity contribution in [2.45, 2.75) is 13.0 Å². The number of esters is 1. The standard InChI is InChI=1S/C11H14N2O3/c1-7(12)10(14)13-9-5-3-8(4-6-9)11(15)16-2/h3-7H,12H2,1-2H3,(H,13,14)/t7-/m1/s1. The first-order chi connectivity index (χ1) is 7.54. The summed E-state index contributed by atoms with van der Waals surface area (Å²) >= 11 is 0. The quantitative estimate of drug-likeness (QED) is 0.740. The Labute approximate surface area is 93.6 Å². The monoisotopic (exact) mass is 222 g/mol. The van der Waals surface area contributed by atoms with E-state index in [1.54, 1.807) is 31.2 Å². The van der Waals surface area contributed by atoms with Gasteiger partial charge in [0.15, 0.2) is 0 Å². The van der Waals surface area contributed by atoms with Crippen LogP contribution in [0.5, 0.6) is 0 Å². The molecular formula is C11H14N2O3. The number of carbonyl (C=O) groups excluding carboxylic acids is 2. The van der Waals surface area contributed by atoms with Crippen molar-refractivity contribution in [2.24, 2.45) is 5.73 Å². The number of benzene rings is 1. The Morgan fingerprint density at radius 1 is 1.31 bits per heavy atom. The Morgan fingerprint density at radius 3 is 2.31 bits per heavy atom. The molecule has 1 amide bonds. The van der Waals surface area contributed by atoms with Crippen molar-refractivity contribution in [2.75, 3.05) is 12.4 Å². The van der Waals surface area contributed by atoms with Crippen molar-refractivity contribution in [1.29, 1.82) is 0 Å². The molecule has 0 saturated carbocycles. The Bertz CT molecular complexity index is 385. The number of carbonyl (C=O) groups is 2. The second-order valence-corrected chi connectivity index (χ2v) is 3.35. The van der Waals surface area contributed by atoms with Gasteiger partial charge in [0.1, 0.15) is 0 Å². The Morgan fingerprint density at radius 2 is 1.88 bits per heavy atom. The zero-order chi connectivity index (χ0) is 12.1. The van der Waals surface area contributed by atoms with E-state index in [1.807, 2.05) is 0 Å². The van der Waals surface area contributed by atoms with Gasteiger partial charge < -0.3 is 15.8 Å². The average molecular weight is 222 g/mol. The van der Waals surface area contributed by atoms with Gasteiger partial charge in [-0.05, 0) is 31.2 Å². The normalized spacial score (nSPS) is 11.7. The summed E-state index contributed by atoms with van der Waals surface area (Å²) in [5, 5.41) is 2.61. The van der Waals surface area contributed by atoms with Gasteiger partial charge in [-0.2, -0.15) is 0 Å². The van der Waals surface area contributed by atoms with Crippen LogP contribution < -0.4 is 11.1 Å². The van der Waals surface area contributed by atoms with Gasteiger partial charge in [0, 0.05) is 5.69 Å². The number of ether oxygens (including phenoxy) is 1. The van der Waals surface area contributed by atoms with Crippen molar-refractivity contribution in [1.82, 2.24) is 0 Å². The number of anilines is 1. The van der Waals surface area contributed by atoms with Gasteiger partial charge in [-0.3, -0.25) is 4.79 Å². The van der Waals surface area contributed by atoms with E-state index < -0.39 is 12.0 Å². The minimum atomic E-state index is -0.569. The maximum atomic E-state index is 11.3. The molecule has 0 aromatic heterocycles. The van der Waals surface area contributed by atoms with E-state index in [2.05, 4.69) is 10.1 Å². The summed E-state index contributed by atoms with van der Waals surface area (Å²) in [6.07, 6.45) is 0. The number of rotatable bonds is 3. The number of hydrogen-bond donors (Lipinski definition) is 2. The van der Waals surface area contributed by atoms with Gasteiger partial charge in [0.2, 0.25) is 5.91 Å². The van der Waals surface area contributed by atoms with Crippen molar-refractivity contribution >= 4 is 17.6 Å². The molecule has 86 valence electrons. The Balaban J connectivity index is 2.72. The van der Waals surface area contributed by atoms with Crippen LogP contribution >= 0.6 is 0 Å². The lowest BCUT2D eigenvalue weighted by Gasteiger charge is -2.07. The van der Waals surface area contributed by atoms with Crippen LogP contribution in [0, 0.1) is 0 Å². The highest BCUT2D eigenvalue weighted by Crippen LogP contribution is 2.10. The van der Waals surface area contributed by atoms with E-state index in [-0.39, 0.29) is 5.91 Å². The number of hydrogen-bond acceptors (Lipinski definition) is 4. The topological polar surface area (TPSA) is 81.4 Å². The molecule has 0 aliphatic rings. The Kier molecular flexibility index (Phi) is 4.02. The maximum Gasteiger partial charge on any atom is 0.337 e. The third-order valence-electron chi connectivity index (χ3n) is 1.99. The summed E-state index contributed by atoms with van der Waals surface area (Å²) in [5.41, 5.74) is 6.42. The Hall–Kier alpha value is -1.88. The first kappa shape index (κ1) is 12.2. The third kappa shape index (κ3) is 3.06. The zero-order valence-electron chi connectivity index (χ0n) is 9.19. The van der Waals surface area contributed by atoms with E-state index in [0.717, 1.165) is 0 Å². The van der Waals surface area contributed by atoms with Crippen LogP contribution in [0.25, 0.3) is 0 Å². The second kappa shape index (κ2) is 5.27. The van der Waals surface area contributed by atoms with E-state index in [1.165, 1.54) is 7.11 Å². The summed E-state index contributed by atoms with van der Waals surface area (Å²) in [4.78, 5) is 22.4. The van der Waals surface area contributed by atoms with Gasteiger partial charge in [-0.25, -0.2) is 4.79 Å². The lowest BCUT2D eigenvalue weighted by atomic mass is 10.2. The number of nitrogens with two attached hydrogens (primary N) is 1. The SMILES string of the molecule is COC(=O)c1ccc(NC(=O)[C@@H](C)N)cc1. The van der Waals surface area contributed by atoms with Gasteiger partial charge in [-0.1, -0.05) is 0 Å². The molecule has 0 bridgehead atoms. The van der Waals surface area contributed by atoms with Crippen LogP contribution in [0.15, 0.2) is 24.3 Å². The van der Waals surface area contributed by atoms with Crippen molar-refractivity contribution in [3.63, 3.8) is 0 Å². The molecule has 0 aliphatic heterocycles. The molecule has 0 aliphatic carbocycles. The molecule has 1 rings (SSSR count). The molecule has 1 atom stereocenters. The fraction of sp³-hybridized carbons (Fsp3) is 0.273. The molecule has 3 N–H and O–H groups in total. The number of nitrogens with one attached hydrogen (secondary N) is 1. The highest BCUT2D eigenvalue weighted by molar-refractivity contribution is 5.95. The molecular weight excluding hydrogens is 208 g/mol. The molecule has 5 nitrogen and oxygen atoms in total. The fourth-order valence-electron chi connectivity index (χ4n) is 1.06. The molecule has 0 radical (unpaired) electrons. The van der Waals surface area contributed by atoms with Crippen molar-refractivity contribution in [3.8, 4) is 0 Å². The highest BCUT2D eigenvalue weighted by atomic mass is 16.5. The first-order valence-electron chi connectivity index (χ1n) is 4.79. The third-order valence-corrected chi connectivity index (χ3v) is 1.99. The van der Waals surface area contributed by atoms with E-state index >= 15 is 0 Å². The summed E-state index contributed by atoms with van der Waals surface area (Å²) in [7, 11) is 1.31. The van der Waals surface area contributed by atoms with E-state index in [4.69, 9.17) is 5.73 Å². The summed E-state index contributed by atoms with van der Waals surface area (Å²) in [5.74, 6) is -0.684. The molecule has 0 heterocycles. The fourth-order valence-corrected chi connectivity index (χ4v) is 1.06. The van der Waals surface area contributed by atoms with Gasteiger partial charge >= 0.3 is 5.97 Å². The second-order valence-electron chi connectivity index (χ2n) is 3.35. The molecule has 0 spiro atoms. The molecule has 0 unspecified atom stereocenters. The minimum absolute atomic E-state index is 0.272. The number of methoxy groups -OCH3 is 1. The van der Waals surface area contributed by atoms with Crippen LogP contribution in [0.4, 0.5) is 5.69 Å². The highest BCUT2D eigenvalue weighted by Gasteiger charge is 2.08. The maximum absolute atomic E-state index is 11.3. The largest absolute Gasteiger partial charge is 0.465 e. The van der Waals surface area contributed by atoms with E-state index in [0.29, 0.717) is 11.3 Å². The molecule has 1 aromatic rings. The van der Waals surface area contributed by atoms with Gasteiger partial charge in [0.05, 0.1) is 18.7 Å². The lowest BCUT2D eigenvalue weighted by Crippen LogP contribution is -2.32. The van der Waals surface area contributed by atoms with Gasteiger partial charge in [0.25, 0.3) is 0 Å². The van der Waals surface area contributed by atoms with Gasteiger partial charge in [-0.15, -0.1) is 0 Å². The summed E-state index contributed by atoms with van der Waals surface area (Å²) in [6.45, 7) is 1.60. The smallest absolute Gasteiger partial charge is 0.337 e. The van der Waals surface area contributed by atoms with Crippen LogP contribution in [0.1, 0.15) is 17.3 Å². The van der Waals surface area contributed by atoms with Crippen LogP contribution in [-0.2, 0) is 9.53 Å². The lowest BCUT2D eigenvalue weighted by molar-refractivity contribution is -0.117. The van der Waals surface area contributed by atoms with Crippen molar-refractivity contribution < 1.29 is 14.3 Å². The summed E-state index contributed by atoms with van der Waals surface area (Å²) < 4.78 is 4.55. The van der Waals surface area contributed by atoms with Crippen molar-refractivity contribution in [3.05, 3.63) is 29.8 Å². The molecule has 1 aromatic carbocycles. The van der Waals surface area contributed by atoms with E-state index in [9.17, 15) is 9.59 Å². The zero-order valence-corrected chi connectivity index (χ0v) is 9.19. The first-order valence-corrected chi connectivity index (χ1v) is 4.79. The molecule has 0 saturated heterocycles. The summed E-state index contributed by atoms with van der Waals surface area (Å²) in [6, 6.07) is 5.81. The van der Waals surface area contributed by atoms with Crippen LogP contribution in [0.3, 0.4) is 0 Å². The predicted octanol–water partition coefficient (Wildman–Crippen LogP) is 0.759. The minimum Gasteiger partial charge on any atom is -0.465 e. The average Bonchev–Trinajstić information content (AvgIpc) is 2.28.